The highest BCUT2D eigenvalue weighted by atomic mass is 35.5. The van der Waals surface area contributed by atoms with Crippen LogP contribution < -0.4 is 0 Å². The lowest BCUT2D eigenvalue weighted by molar-refractivity contribution is 0.567. The molecule has 0 saturated carbocycles. The van der Waals surface area contributed by atoms with Gasteiger partial charge in [0.1, 0.15) is 0 Å². The van der Waals surface area contributed by atoms with E-state index in [2.05, 4.69) is 18.0 Å². The molecule has 0 aliphatic rings. The van der Waals surface area contributed by atoms with E-state index in [9.17, 15) is 0 Å². The van der Waals surface area contributed by atoms with Gasteiger partial charge in [0.15, 0.2) is 0 Å². The summed E-state index contributed by atoms with van der Waals surface area (Å²) in [6.45, 7) is 4.19. The van der Waals surface area contributed by atoms with Gasteiger partial charge in [-0.15, -0.1) is 11.6 Å². The molecule has 2 atom stereocenters. The summed E-state index contributed by atoms with van der Waals surface area (Å²) in [6.07, 6.45) is 4.70. The third kappa shape index (κ3) is 2.82. The first kappa shape index (κ1) is 9.53. The van der Waals surface area contributed by atoms with Crippen LogP contribution in [0.5, 0.6) is 0 Å². The number of aromatic nitrogens is 1. The SMILES string of the molecule is CC(Cl)C(C)Cc1cccnc1. The molecule has 66 valence electrons. The number of alkyl halides is 1. The molecule has 1 aromatic heterocycles. The Morgan fingerprint density at radius 3 is 2.75 bits per heavy atom. The summed E-state index contributed by atoms with van der Waals surface area (Å²) >= 11 is 5.96. The number of halogens is 1. The fraction of sp³-hybridized carbons (Fsp3) is 0.500. The molecule has 0 radical (unpaired) electrons. The van der Waals surface area contributed by atoms with Crippen molar-refractivity contribution < 1.29 is 0 Å². The molecule has 0 aliphatic heterocycles. The quantitative estimate of drug-likeness (QED) is 0.657. The second kappa shape index (κ2) is 4.46. The predicted molar refractivity (Wildman–Crippen MR) is 52.4 cm³/mol. The summed E-state index contributed by atoms with van der Waals surface area (Å²) in [5, 5.41) is 0.227. The van der Waals surface area contributed by atoms with Gasteiger partial charge >= 0.3 is 0 Å². The second-order valence-electron chi connectivity index (χ2n) is 3.22. The molecule has 0 bridgehead atoms. The van der Waals surface area contributed by atoms with Crippen molar-refractivity contribution in [3.05, 3.63) is 30.1 Å². The first-order chi connectivity index (χ1) is 5.70. The Bertz CT molecular complexity index is 221. The van der Waals surface area contributed by atoms with Crippen LogP contribution in [0, 0.1) is 5.92 Å². The molecular formula is C10H14ClN. The monoisotopic (exact) mass is 183 g/mol. The maximum atomic E-state index is 5.96. The van der Waals surface area contributed by atoms with Crippen LogP contribution in [0.4, 0.5) is 0 Å². The Balaban J connectivity index is 2.53. The van der Waals surface area contributed by atoms with E-state index in [1.165, 1.54) is 5.56 Å². The van der Waals surface area contributed by atoms with Gasteiger partial charge < -0.3 is 0 Å². The van der Waals surface area contributed by atoms with Crippen molar-refractivity contribution in [2.24, 2.45) is 5.92 Å². The molecule has 0 N–H and O–H groups in total. The average molecular weight is 184 g/mol. The van der Waals surface area contributed by atoms with E-state index in [1.54, 1.807) is 6.20 Å². The normalized spacial score (nSPS) is 15.6. The van der Waals surface area contributed by atoms with Crippen LogP contribution in [0.15, 0.2) is 24.5 Å². The Morgan fingerprint density at radius 2 is 2.25 bits per heavy atom. The molecule has 0 saturated heterocycles. The van der Waals surface area contributed by atoms with Crippen molar-refractivity contribution in [1.29, 1.82) is 0 Å². The van der Waals surface area contributed by atoms with Crippen molar-refractivity contribution in [3.63, 3.8) is 0 Å². The van der Waals surface area contributed by atoms with Crippen molar-refractivity contribution in [2.75, 3.05) is 0 Å². The minimum atomic E-state index is 0.227. The molecule has 2 heteroatoms. The van der Waals surface area contributed by atoms with E-state index >= 15 is 0 Å². The molecule has 1 aromatic rings. The standard InChI is InChI=1S/C10H14ClN/c1-8(9(2)11)6-10-4-3-5-12-7-10/h3-5,7-9H,6H2,1-2H3. The molecule has 1 nitrogen and oxygen atoms in total. The van der Waals surface area contributed by atoms with Gasteiger partial charge in [-0.25, -0.2) is 0 Å². The smallest absolute Gasteiger partial charge is 0.0336 e. The predicted octanol–water partition coefficient (Wildman–Crippen LogP) is 2.89. The largest absolute Gasteiger partial charge is 0.264 e. The van der Waals surface area contributed by atoms with Crippen molar-refractivity contribution in [2.45, 2.75) is 25.6 Å². The molecule has 0 aromatic carbocycles. The maximum Gasteiger partial charge on any atom is 0.0336 e. The molecule has 0 amide bonds. The summed E-state index contributed by atoms with van der Waals surface area (Å²) in [6, 6.07) is 4.05. The molecular weight excluding hydrogens is 170 g/mol. The zero-order valence-corrected chi connectivity index (χ0v) is 8.25. The van der Waals surface area contributed by atoms with Gasteiger partial charge in [-0.2, -0.15) is 0 Å². The average Bonchev–Trinajstić information content (AvgIpc) is 2.06. The third-order valence-electron chi connectivity index (χ3n) is 2.06. The lowest BCUT2D eigenvalue weighted by atomic mass is 10.00. The van der Waals surface area contributed by atoms with Crippen LogP contribution in [0.2, 0.25) is 0 Å². The minimum Gasteiger partial charge on any atom is -0.264 e. The van der Waals surface area contributed by atoms with Gasteiger partial charge in [0.05, 0.1) is 0 Å². The van der Waals surface area contributed by atoms with Gasteiger partial charge in [-0.3, -0.25) is 4.98 Å². The van der Waals surface area contributed by atoms with Crippen LogP contribution >= 0.6 is 11.6 Å². The number of nitrogens with zero attached hydrogens (tertiary/aromatic N) is 1. The Kier molecular flexibility index (Phi) is 3.54. The first-order valence-electron chi connectivity index (χ1n) is 4.23. The van der Waals surface area contributed by atoms with E-state index in [0.717, 1.165) is 6.42 Å². The Morgan fingerprint density at radius 1 is 1.50 bits per heavy atom. The highest BCUT2D eigenvalue weighted by Gasteiger charge is 2.09. The van der Waals surface area contributed by atoms with Crippen LogP contribution in [0.25, 0.3) is 0 Å². The number of rotatable bonds is 3. The molecule has 1 heterocycles. The van der Waals surface area contributed by atoms with E-state index in [-0.39, 0.29) is 5.38 Å². The minimum absolute atomic E-state index is 0.227. The van der Waals surface area contributed by atoms with Gasteiger partial charge in [0.2, 0.25) is 0 Å². The van der Waals surface area contributed by atoms with Gasteiger partial charge in [0, 0.05) is 17.8 Å². The van der Waals surface area contributed by atoms with Crippen molar-refractivity contribution in [1.82, 2.24) is 4.98 Å². The summed E-state index contributed by atoms with van der Waals surface area (Å²) in [7, 11) is 0. The van der Waals surface area contributed by atoms with Crippen LogP contribution in [-0.4, -0.2) is 10.4 Å². The number of pyridine rings is 1. The molecule has 2 unspecified atom stereocenters. The summed E-state index contributed by atoms with van der Waals surface area (Å²) in [5.74, 6) is 0.510. The molecule has 12 heavy (non-hydrogen) atoms. The lowest BCUT2D eigenvalue weighted by Gasteiger charge is -2.12. The first-order valence-corrected chi connectivity index (χ1v) is 4.66. The fourth-order valence-electron chi connectivity index (χ4n) is 1.05. The van der Waals surface area contributed by atoms with Crippen molar-refractivity contribution in [3.8, 4) is 0 Å². The van der Waals surface area contributed by atoms with Crippen LogP contribution in [0.3, 0.4) is 0 Å². The second-order valence-corrected chi connectivity index (χ2v) is 3.91. The topological polar surface area (TPSA) is 12.9 Å². The zero-order valence-electron chi connectivity index (χ0n) is 7.50. The molecule has 1 rings (SSSR count). The summed E-state index contributed by atoms with van der Waals surface area (Å²) in [4.78, 5) is 4.05. The molecule has 0 aliphatic carbocycles. The maximum absolute atomic E-state index is 5.96. The molecule has 0 spiro atoms. The lowest BCUT2D eigenvalue weighted by Crippen LogP contribution is -2.10. The zero-order chi connectivity index (χ0) is 8.97. The number of hydrogen-bond acceptors (Lipinski definition) is 1. The molecule has 0 fully saturated rings. The van der Waals surface area contributed by atoms with E-state index in [4.69, 9.17) is 11.6 Å². The summed E-state index contributed by atoms with van der Waals surface area (Å²) < 4.78 is 0. The third-order valence-corrected chi connectivity index (χ3v) is 2.49. The van der Waals surface area contributed by atoms with Crippen LogP contribution in [-0.2, 0) is 6.42 Å². The van der Waals surface area contributed by atoms with E-state index in [1.807, 2.05) is 19.2 Å². The van der Waals surface area contributed by atoms with E-state index in [0.29, 0.717) is 5.92 Å². The van der Waals surface area contributed by atoms with E-state index < -0.39 is 0 Å². The van der Waals surface area contributed by atoms with Gasteiger partial charge in [-0.05, 0) is 30.9 Å². The highest BCUT2D eigenvalue weighted by Crippen LogP contribution is 2.14. The Labute approximate surface area is 78.8 Å². The Hall–Kier alpha value is -0.560. The van der Waals surface area contributed by atoms with Crippen LogP contribution in [0.1, 0.15) is 19.4 Å². The number of hydrogen-bond donors (Lipinski definition) is 0. The fourth-order valence-corrected chi connectivity index (χ4v) is 1.14. The summed E-state index contributed by atoms with van der Waals surface area (Å²) in [5.41, 5.74) is 1.26. The van der Waals surface area contributed by atoms with Gasteiger partial charge in [0.25, 0.3) is 0 Å². The van der Waals surface area contributed by atoms with Gasteiger partial charge in [-0.1, -0.05) is 13.0 Å². The van der Waals surface area contributed by atoms with Crippen molar-refractivity contribution >= 4 is 11.6 Å². The highest BCUT2D eigenvalue weighted by molar-refractivity contribution is 6.20.